The monoisotopic (exact) mass is 254 g/mol. The molecule has 0 fully saturated rings. The molecule has 3 N–H and O–H groups in total. The Morgan fingerprint density at radius 3 is 2.84 bits per heavy atom. The van der Waals surface area contributed by atoms with E-state index in [9.17, 15) is 0 Å². The number of aromatic nitrogens is 2. The molecule has 0 saturated heterocycles. The van der Waals surface area contributed by atoms with Crippen LogP contribution >= 0.6 is 0 Å². The second-order valence-electron chi connectivity index (χ2n) is 4.97. The zero-order valence-electron chi connectivity index (χ0n) is 10.8. The Labute approximate surface area is 113 Å². The van der Waals surface area contributed by atoms with E-state index in [-0.39, 0.29) is 6.04 Å². The van der Waals surface area contributed by atoms with Gasteiger partial charge >= 0.3 is 0 Å². The summed E-state index contributed by atoms with van der Waals surface area (Å²) >= 11 is 0. The summed E-state index contributed by atoms with van der Waals surface area (Å²) in [5.74, 6) is 6.13. The summed E-state index contributed by atoms with van der Waals surface area (Å²) in [6.07, 6.45) is 8.90. The van der Waals surface area contributed by atoms with Crippen molar-refractivity contribution < 1.29 is 0 Å². The van der Waals surface area contributed by atoms with Gasteiger partial charge in [0.15, 0.2) is 0 Å². The van der Waals surface area contributed by atoms with Crippen molar-refractivity contribution in [3.05, 3.63) is 59.7 Å². The van der Waals surface area contributed by atoms with Crippen molar-refractivity contribution >= 4 is 0 Å². The number of hydrogen-bond donors (Lipinski definition) is 2. The normalized spacial score (nSPS) is 19.7. The zero-order chi connectivity index (χ0) is 13.1. The number of rotatable bonds is 3. The van der Waals surface area contributed by atoms with Gasteiger partial charge in [0, 0.05) is 30.2 Å². The van der Waals surface area contributed by atoms with Gasteiger partial charge in [0.25, 0.3) is 0 Å². The summed E-state index contributed by atoms with van der Waals surface area (Å²) in [7, 11) is 0. The quantitative estimate of drug-likeness (QED) is 0.650. The highest BCUT2D eigenvalue weighted by molar-refractivity contribution is 5.30. The molecule has 4 nitrogen and oxygen atoms in total. The predicted octanol–water partition coefficient (Wildman–Crippen LogP) is 2.10. The molecule has 19 heavy (non-hydrogen) atoms. The van der Waals surface area contributed by atoms with Gasteiger partial charge in [-0.05, 0) is 48.6 Å². The van der Waals surface area contributed by atoms with Crippen LogP contribution in [-0.4, -0.2) is 9.97 Å². The maximum Gasteiger partial charge on any atom is 0.0544 e. The number of fused-ring (bicyclic) bond motifs is 1. The zero-order valence-corrected chi connectivity index (χ0v) is 10.8. The molecule has 0 bridgehead atoms. The molecular formula is C15H18N4. The van der Waals surface area contributed by atoms with Crippen molar-refractivity contribution in [3.8, 4) is 0 Å². The molecule has 4 heteroatoms. The van der Waals surface area contributed by atoms with Crippen LogP contribution in [0.4, 0.5) is 0 Å². The topological polar surface area (TPSA) is 63.8 Å². The minimum atomic E-state index is 0.0944. The van der Waals surface area contributed by atoms with Crippen LogP contribution in [0.1, 0.15) is 41.6 Å². The van der Waals surface area contributed by atoms with E-state index in [1.807, 2.05) is 36.8 Å². The summed E-state index contributed by atoms with van der Waals surface area (Å²) in [5.41, 5.74) is 6.67. The van der Waals surface area contributed by atoms with Crippen molar-refractivity contribution in [2.45, 2.75) is 31.2 Å². The van der Waals surface area contributed by atoms with Crippen molar-refractivity contribution in [2.24, 2.45) is 5.84 Å². The largest absolute Gasteiger partial charge is 0.271 e. The highest BCUT2D eigenvalue weighted by atomic mass is 15.2. The van der Waals surface area contributed by atoms with E-state index in [0.717, 1.165) is 12.8 Å². The fraction of sp³-hybridized carbons (Fsp3) is 0.333. The number of nitrogens with two attached hydrogens (primary N) is 1. The molecule has 0 amide bonds. The molecule has 2 aromatic heterocycles. The second kappa shape index (κ2) is 5.47. The van der Waals surface area contributed by atoms with Crippen LogP contribution in [-0.2, 0) is 6.42 Å². The maximum absolute atomic E-state index is 5.79. The van der Waals surface area contributed by atoms with Gasteiger partial charge in [0.1, 0.15) is 0 Å². The summed E-state index contributed by atoms with van der Waals surface area (Å²) < 4.78 is 0. The summed E-state index contributed by atoms with van der Waals surface area (Å²) in [6.45, 7) is 0. The lowest BCUT2D eigenvalue weighted by Crippen LogP contribution is -2.34. The van der Waals surface area contributed by atoms with Crippen molar-refractivity contribution in [2.75, 3.05) is 0 Å². The summed E-state index contributed by atoms with van der Waals surface area (Å²) in [6, 6.07) is 8.31. The minimum absolute atomic E-state index is 0.0944. The molecule has 1 aliphatic carbocycles. The second-order valence-corrected chi connectivity index (χ2v) is 4.97. The highest BCUT2D eigenvalue weighted by Gasteiger charge is 2.29. The Bertz CT molecular complexity index is 541. The number of pyridine rings is 2. The van der Waals surface area contributed by atoms with Crippen LogP contribution in [0.2, 0.25) is 0 Å². The molecule has 2 aromatic rings. The fourth-order valence-electron chi connectivity index (χ4n) is 2.99. The van der Waals surface area contributed by atoms with Gasteiger partial charge in [-0.3, -0.25) is 21.2 Å². The predicted molar refractivity (Wildman–Crippen MR) is 74.2 cm³/mol. The molecule has 3 rings (SSSR count). The molecule has 0 radical (unpaired) electrons. The third-order valence-electron chi connectivity index (χ3n) is 3.89. The summed E-state index contributed by atoms with van der Waals surface area (Å²) in [4.78, 5) is 8.65. The van der Waals surface area contributed by atoms with E-state index in [1.165, 1.54) is 23.2 Å². The van der Waals surface area contributed by atoms with E-state index in [4.69, 9.17) is 5.84 Å². The third-order valence-corrected chi connectivity index (χ3v) is 3.89. The Morgan fingerprint density at radius 2 is 2.05 bits per heavy atom. The van der Waals surface area contributed by atoms with Crippen LogP contribution < -0.4 is 11.3 Å². The lowest BCUT2D eigenvalue weighted by atomic mass is 9.80. The van der Waals surface area contributed by atoms with Crippen LogP contribution in [0.5, 0.6) is 0 Å². The molecule has 2 unspecified atom stereocenters. The first-order valence-corrected chi connectivity index (χ1v) is 6.70. The molecule has 0 aliphatic heterocycles. The van der Waals surface area contributed by atoms with Crippen molar-refractivity contribution in [1.82, 2.24) is 15.4 Å². The summed E-state index contributed by atoms with van der Waals surface area (Å²) in [5, 5.41) is 0. The Kier molecular flexibility index (Phi) is 3.53. The molecule has 1 aliphatic rings. The van der Waals surface area contributed by atoms with Gasteiger partial charge in [-0.2, -0.15) is 0 Å². The number of aryl methyl sites for hydroxylation is 1. The third kappa shape index (κ3) is 2.37. The van der Waals surface area contributed by atoms with Crippen molar-refractivity contribution in [3.63, 3.8) is 0 Å². The SMILES string of the molecule is NNC(c1ccncc1)C1CCCc2cccnc21. The van der Waals surface area contributed by atoms with Gasteiger partial charge in [-0.25, -0.2) is 0 Å². The average molecular weight is 254 g/mol. The standard InChI is InChI=1S/C15H18N4/c16-19-15(12-6-9-17-10-7-12)13-5-1-3-11-4-2-8-18-14(11)13/h2,4,6-10,13,15,19H,1,3,5,16H2. The van der Waals surface area contributed by atoms with E-state index >= 15 is 0 Å². The van der Waals surface area contributed by atoms with Crippen LogP contribution in [0.3, 0.4) is 0 Å². The number of hydrazine groups is 1. The van der Waals surface area contributed by atoms with E-state index < -0.39 is 0 Å². The van der Waals surface area contributed by atoms with Crippen LogP contribution in [0.15, 0.2) is 42.9 Å². The van der Waals surface area contributed by atoms with E-state index in [0.29, 0.717) is 5.92 Å². The Hall–Kier alpha value is -1.78. The van der Waals surface area contributed by atoms with Gasteiger partial charge < -0.3 is 0 Å². The average Bonchev–Trinajstić information content (AvgIpc) is 2.49. The minimum Gasteiger partial charge on any atom is -0.271 e. The molecular weight excluding hydrogens is 236 g/mol. The first-order chi connectivity index (χ1) is 9.40. The molecule has 2 atom stereocenters. The molecule has 0 spiro atoms. The van der Waals surface area contributed by atoms with E-state index in [2.05, 4.69) is 21.5 Å². The number of hydrogen-bond acceptors (Lipinski definition) is 4. The molecule has 2 heterocycles. The lowest BCUT2D eigenvalue weighted by molar-refractivity contribution is 0.399. The van der Waals surface area contributed by atoms with Gasteiger partial charge in [-0.1, -0.05) is 6.07 Å². The van der Waals surface area contributed by atoms with Gasteiger partial charge in [0.2, 0.25) is 0 Å². The Morgan fingerprint density at radius 1 is 1.21 bits per heavy atom. The fourth-order valence-corrected chi connectivity index (χ4v) is 2.99. The first-order valence-electron chi connectivity index (χ1n) is 6.70. The molecule has 0 saturated carbocycles. The number of nitrogens with one attached hydrogen (secondary N) is 1. The first kappa shape index (κ1) is 12.3. The number of nitrogens with zero attached hydrogens (tertiary/aromatic N) is 2. The van der Waals surface area contributed by atoms with Crippen LogP contribution in [0, 0.1) is 0 Å². The van der Waals surface area contributed by atoms with Crippen molar-refractivity contribution in [1.29, 1.82) is 0 Å². The molecule has 0 aromatic carbocycles. The molecule has 98 valence electrons. The smallest absolute Gasteiger partial charge is 0.0544 e. The Balaban J connectivity index is 1.97. The van der Waals surface area contributed by atoms with Gasteiger partial charge in [0.05, 0.1) is 6.04 Å². The van der Waals surface area contributed by atoms with Gasteiger partial charge in [-0.15, -0.1) is 0 Å². The maximum atomic E-state index is 5.79. The van der Waals surface area contributed by atoms with Crippen LogP contribution in [0.25, 0.3) is 0 Å². The van der Waals surface area contributed by atoms with E-state index in [1.54, 1.807) is 0 Å². The highest BCUT2D eigenvalue weighted by Crippen LogP contribution is 2.38. The lowest BCUT2D eigenvalue weighted by Gasteiger charge is -2.31.